The average molecular weight is 380 g/mol. The molecular formula is C21H32O6. The maximum absolute atomic E-state index is 12.3. The summed E-state index contributed by atoms with van der Waals surface area (Å²) in [5.41, 5.74) is 0.0733. The van der Waals surface area contributed by atoms with Gasteiger partial charge in [0, 0.05) is 11.1 Å². The van der Waals surface area contributed by atoms with Crippen molar-refractivity contribution in [3.05, 3.63) is 23.3 Å². The van der Waals surface area contributed by atoms with Crippen molar-refractivity contribution in [3.63, 3.8) is 0 Å². The minimum Gasteiger partial charge on any atom is -0.497 e. The van der Waals surface area contributed by atoms with E-state index in [1.54, 1.807) is 27.9 Å². The fraction of sp³-hybridized carbons (Fsp3) is 0.619. The van der Waals surface area contributed by atoms with Crippen molar-refractivity contribution in [1.29, 1.82) is 0 Å². The summed E-state index contributed by atoms with van der Waals surface area (Å²) in [4.78, 5) is 33.8. The van der Waals surface area contributed by atoms with E-state index in [-0.39, 0.29) is 10.8 Å². The van der Waals surface area contributed by atoms with Gasteiger partial charge in [-0.05, 0) is 43.7 Å². The van der Waals surface area contributed by atoms with E-state index in [0.717, 1.165) is 11.1 Å². The SMILES string of the molecule is COc1cc(C(C)(C)C)c(OC(=O)C(=O)OOC(C)(C)C)c(C(C)(C)C)c1. The first kappa shape index (κ1) is 23.0. The van der Waals surface area contributed by atoms with Crippen molar-refractivity contribution in [2.24, 2.45) is 0 Å². The van der Waals surface area contributed by atoms with Crippen LogP contribution in [0.25, 0.3) is 0 Å². The summed E-state index contributed by atoms with van der Waals surface area (Å²) in [5, 5.41) is 0. The first-order valence-corrected chi connectivity index (χ1v) is 8.91. The zero-order chi connectivity index (χ0) is 21.2. The van der Waals surface area contributed by atoms with Crippen molar-refractivity contribution in [2.75, 3.05) is 7.11 Å². The molecule has 0 N–H and O–H groups in total. The Morgan fingerprint density at radius 2 is 1.22 bits per heavy atom. The number of rotatable bonds is 3. The van der Waals surface area contributed by atoms with Crippen molar-refractivity contribution in [2.45, 2.75) is 78.7 Å². The summed E-state index contributed by atoms with van der Waals surface area (Å²) in [6.45, 7) is 17.1. The molecule has 6 nitrogen and oxygen atoms in total. The monoisotopic (exact) mass is 380 g/mol. The number of benzene rings is 1. The minimum absolute atomic E-state index is 0.341. The number of hydrogen-bond acceptors (Lipinski definition) is 6. The van der Waals surface area contributed by atoms with Crippen LogP contribution in [0.4, 0.5) is 0 Å². The van der Waals surface area contributed by atoms with Crippen LogP contribution in [0.2, 0.25) is 0 Å². The van der Waals surface area contributed by atoms with Gasteiger partial charge in [-0.3, -0.25) is 4.89 Å². The molecule has 1 aromatic rings. The maximum Gasteiger partial charge on any atom is 0.450 e. The summed E-state index contributed by atoms with van der Waals surface area (Å²) in [6, 6.07) is 3.63. The predicted molar refractivity (Wildman–Crippen MR) is 103 cm³/mol. The standard InChI is InChI=1S/C21H32O6/c1-19(2,3)14-11-13(24-10)12-15(20(4,5)6)16(14)25-17(22)18(23)26-27-21(7,8)9/h11-12H,1-10H3. The number of ether oxygens (including phenoxy) is 2. The molecule has 0 aliphatic rings. The van der Waals surface area contributed by atoms with Gasteiger partial charge < -0.3 is 9.47 Å². The highest BCUT2D eigenvalue weighted by Crippen LogP contribution is 2.42. The fourth-order valence-electron chi connectivity index (χ4n) is 2.28. The number of carbonyl (C=O) groups is 2. The molecule has 0 aliphatic carbocycles. The van der Waals surface area contributed by atoms with Gasteiger partial charge in [0.1, 0.15) is 17.1 Å². The van der Waals surface area contributed by atoms with E-state index in [9.17, 15) is 9.59 Å². The number of esters is 1. The van der Waals surface area contributed by atoms with Gasteiger partial charge in [-0.1, -0.05) is 41.5 Å². The van der Waals surface area contributed by atoms with Crippen molar-refractivity contribution < 1.29 is 28.8 Å². The van der Waals surface area contributed by atoms with Gasteiger partial charge in [0.2, 0.25) is 0 Å². The van der Waals surface area contributed by atoms with Crippen LogP contribution in [0.5, 0.6) is 11.5 Å². The van der Waals surface area contributed by atoms with Gasteiger partial charge in [0.15, 0.2) is 0 Å². The molecule has 1 aromatic carbocycles. The van der Waals surface area contributed by atoms with Gasteiger partial charge in [0.05, 0.1) is 7.11 Å². The van der Waals surface area contributed by atoms with Crippen LogP contribution in [0.3, 0.4) is 0 Å². The average Bonchev–Trinajstić information content (AvgIpc) is 2.49. The molecule has 0 fully saturated rings. The van der Waals surface area contributed by atoms with Gasteiger partial charge in [-0.15, -0.1) is 0 Å². The molecular weight excluding hydrogens is 348 g/mol. The van der Waals surface area contributed by atoms with E-state index in [2.05, 4.69) is 4.89 Å². The zero-order valence-electron chi connectivity index (χ0n) is 18.1. The molecule has 0 aromatic heterocycles. The lowest BCUT2D eigenvalue weighted by Gasteiger charge is -2.29. The molecule has 152 valence electrons. The van der Waals surface area contributed by atoms with Gasteiger partial charge >= 0.3 is 11.9 Å². The summed E-state index contributed by atoms with van der Waals surface area (Å²) < 4.78 is 10.9. The Hall–Kier alpha value is -2.08. The lowest BCUT2D eigenvalue weighted by molar-refractivity contribution is -0.318. The van der Waals surface area contributed by atoms with Crippen LogP contribution in [-0.4, -0.2) is 24.6 Å². The largest absolute Gasteiger partial charge is 0.497 e. The Bertz CT molecular complexity index is 664. The highest BCUT2D eigenvalue weighted by atomic mass is 17.2. The van der Waals surface area contributed by atoms with E-state index in [4.69, 9.17) is 14.4 Å². The van der Waals surface area contributed by atoms with Crippen LogP contribution in [0, 0.1) is 0 Å². The quantitative estimate of drug-likeness (QED) is 0.253. The second-order valence-corrected chi connectivity index (χ2v) is 9.51. The molecule has 0 aliphatic heterocycles. The normalized spacial score (nSPS) is 12.5. The molecule has 0 heterocycles. The lowest BCUT2D eigenvalue weighted by Crippen LogP contribution is -2.30. The Morgan fingerprint density at radius 1 is 0.778 bits per heavy atom. The summed E-state index contributed by atoms with van der Waals surface area (Å²) >= 11 is 0. The van der Waals surface area contributed by atoms with E-state index >= 15 is 0 Å². The fourth-order valence-corrected chi connectivity index (χ4v) is 2.28. The van der Waals surface area contributed by atoms with Crippen LogP contribution in [0.1, 0.15) is 73.4 Å². The molecule has 27 heavy (non-hydrogen) atoms. The van der Waals surface area contributed by atoms with Gasteiger partial charge in [-0.2, -0.15) is 4.89 Å². The number of hydrogen-bond donors (Lipinski definition) is 0. The molecule has 0 bridgehead atoms. The number of methoxy groups -OCH3 is 1. The Morgan fingerprint density at radius 3 is 1.56 bits per heavy atom. The second-order valence-electron chi connectivity index (χ2n) is 9.51. The maximum atomic E-state index is 12.3. The van der Waals surface area contributed by atoms with E-state index in [0.29, 0.717) is 11.5 Å². The highest BCUT2D eigenvalue weighted by molar-refractivity contribution is 6.30. The van der Waals surface area contributed by atoms with Crippen molar-refractivity contribution >= 4 is 11.9 Å². The molecule has 0 saturated heterocycles. The molecule has 0 radical (unpaired) electrons. The zero-order valence-corrected chi connectivity index (χ0v) is 18.1. The Labute approximate surface area is 162 Å². The summed E-state index contributed by atoms with van der Waals surface area (Å²) in [6.07, 6.45) is 0. The molecule has 0 saturated carbocycles. The van der Waals surface area contributed by atoms with Crippen LogP contribution < -0.4 is 9.47 Å². The van der Waals surface area contributed by atoms with E-state index in [1.165, 1.54) is 0 Å². The van der Waals surface area contributed by atoms with Crippen molar-refractivity contribution in [1.82, 2.24) is 0 Å². The third-order valence-corrected chi connectivity index (χ3v) is 3.64. The molecule has 0 atom stereocenters. The van der Waals surface area contributed by atoms with Crippen LogP contribution in [-0.2, 0) is 30.2 Å². The minimum atomic E-state index is -1.21. The van der Waals surface area contributed by atoms with Crippen LogP contribution >= 0.6 is 0 Å². The third kappa shape index (κ3) is 6.54. The van der Waals surface area contributed by atoms with Crippen molar-refractivity contribution in [3.8, 4) is 11.5 Å². The van der Waals surface area contributed by atoms with E-state index < -0.39 is 17.5 Å². The molecule has 1 rings (SSSR count). The number of carbonyl (C=O) groups excluding carboxylic acids is 2. The predicted octanol–water partition coefficient (Wildman–Crippen LogP) is 4.47. The topological polar surface area (TPSA) is 71.1 Å². The Kier molecular flexibility index (Phi) is 6.71. The molecule has 0 amide bonds. The summed E-state index contributed by atoms with van der Waals surface area (Å²) in [7, 11) is 1.58. The van der Waals surface area contributed by atoms with Gasteiger partial charge in [0.25, 0.3) is 0 Å². The van der Waals surface area contributed by atoms with Gasteiger partial charge in [-0.25, -0.2) is 9.59 Å². The second kappa shape index (κ2) is 7.89. The third-order valence-electron chi connectivity index (χ3n) is 3.64. The first-order valence-electron chi connectivity index (χ1n) is 8.91. The molecule has 6 heteroatoms. The molecule has 0 unspecified atom stereocenters. The first-order chi connectivity index (χ1) is 12.1. The lowest BCUT2D eigenvalue weighted by atomic mass is 9.79. The summed E-state index contributed by atoms with van der Waals surface area (Å²) in [5.74, 6) is -1.35. The molecule has 0 spiro atoms. The van der Waals surface area contributed by atoms with E-state index in [1.807, 2.05) is 53.7 Å². The Balaban J connectivity index is 3.36. The smallest absolute Gasteiger partial charge is 0.450 e. The highest BCUT2D eigenvalue weighted by Gasteiger charge is 2.32. The van der Waals surface area contributed by atoms with Crippen LogP contribution in [0.15, 0.2) is 12.1 Å².